The quantitative estimate of drug-likeness (QED) is 0.754. The van der Waals surface area contributed by atoms with E-state index in [1.54, 1.807) is 0 Å². The highest BCUT2D eigenvalue weighted by Gasteiger charge is 2.19. The normalized spacial score (nSPS) is 16.4. The van der Waals surface area contributed by atoms with Crippen molar-refractivity contribution in [1.82, 2.24) is 10.2 Å². The van der Waals surface area contributed by atoms with Crippen molar-refractivity contribution in [2.24, 2.45) is 0 Å². The molecule has 106 valence electrons. The second-order valence-electron chi connectivity index (χ2n) is 5.80. The lowest BCUT2D eigenvalue weighted by molar-refractivity contribution is 0.236. The molecule has 0 aromatic heterocycles. The fourth-order valence-electron chi connectivity index (χ4n) is 3.03. The summed E-state index contributed by atoms with van der Waals surface area (Å²) in [5.41, 5.74) is 2.95. The number of nitrogens with one attached hydrogen (secondary N) is 1. The van der Waals surface area contributed by atoms with Crippen molar-refractivity contribution >= 4 is 0 Å². The molecule has 1 saturated carbocycles. The Morgan fingerprint density at radius 1 is 1.16 bits per heavy atom. The first-order valence-electron chi connectivity index (χ1n) is 7.79. The fraction of sp³-hybridized carbons (Fsp3) is 0.647. The Morgan fingerprint density at radius 2 is 1.84 bits per heavy atom. The topological polar surface area (TPSA) is 15.3 Å². The average Bonchev–Trinajstić information content (AvgIpc) is 2.95. The molecule has 1 aromatic carbocycles. The number of hydrogen-bond donors (Lipinski definition) is 1. The van der Waals surface area contributed by atoms with Crippen LogP contribution in [0.3, 0.4) is 0 Å². The molecular formula is C17H28N2. The molecule has 0 atom stereocenters. The highest BCUT2D eigenvalue weighted by molar-refractivity contribution is 5.27. The maximum Gasteiger partial charge on any atom is 0.0236 e. The third-order valence-corrected chi connectivity index (χ3v) is 4.23. The number of rotatable bonds is 7. The fourth-order valence-corrected chi connectivity index (χ4v) is 3.03. The minimum atomic E-state index is 0.802. The molecule has 19 heavy (non-hydrogen) atoms. The van der Waals surface area contributed by atoms with E-state index in [9.17, 15) is 0 Å². The van der Waals surface area contributed by atoms with Crippen LogP contribution in [0.25, 0.3) is 0 Å². The van der Waals surface area contributed by atoms with Gasteiger partial charge >= 0.3 is 0 Å². The molecule has 0 spiro atoms. The summed E-state index contributed by atoms with van der Waals surface area (Å²) in [5.74, 6) is 0. The van der Waals surface area contributed by atoms with Crippen LogP contribution >= 0.6 is 0 Å². The Hall–Kier alpha value is -0.860. The van der Waals surface area contributed by atoms with Crippen molar-refractivity contribution in [3.8, 4) is 0 Å². The molecule has 0 radical (unpaired) electrons. The van der Waals surface area contributed by atoms with Gasteiger partial charge in [0.25, 0.3) is 0 Å². The van der Waals surface area contributed by atoms with Gasteiger partial charge in [0.15, 0.2) is 0 Å². The molecule has 0 unspecified atom stereocenters. The lowest BCUT2D eigenvalue weighted by Crippen LogP contribution is -2.29. The van der Waals surface area contributed by atoms with Crippen molar-refractivity contribution in [1.29, 1.82) is 0 Å². The molecule has 2 heteroatoms. The summed E-state index contributed by atoms with van der Waals surface area (Å²) in [6.45, 7) is 5.41. The average molecular weight is 260 g/mol. The van der Waals surface area contributed by atoms with Crippen molar-refractivity contribution in [3.05, 3.63) is 35.4 Å². The van der Waals surface area contributed by atoms with Gasteiger partial charge in [0.2, 0.25) is 0 Å². The molecule has 1 aromatic rings. The highest BCUT2D eigenvalue weighted by atomic mass is 15.1. The van der Waals surface area contributed by atoms with Crippen molar-refractivity contribution < 1.29 is 0 Å². The van der Waals surface area contributed by atoms with Crippen molar-refractivity contribution in [2.75, 3.05) is 13.6 Å². The van der Waals surface area contributed by atoms with Gasteiger partial charge < -0.3 is 5.32 Å². The minimum Gasteiger partial charge on any atom is -0.313 e. The monoisotopic (exact) mass is 260 g/mol. The van der Waals surface area contributed by atoms with E-state index in [-0.39, 0.29) is 0 Å². The Morgan fingerprint density at radius 3 is 2.53 bits per heavy atom. The van der Waals surface area contributed by atoms with Crippen LogP contribution in [0, 0.1) is 0 Å². The van der Waals surface area contributed by atoms with Crippen LogP contribution in [0.5, 0.6) is 0 Å². The molecule has 0 bridgehead atoms. The van der Waals surface area contributed by atoms with E-state index in [2.05, 4.69) is 48.5 Å². The second-order valence-corrected chi connectivity index (χ2v) is 5.80. The third kappa shape index (κ3) is 4.32. The van der Waals surface area contributed by atoms with Gasteiger partial charge in [0, 0.05) is 19.1 Å². The molecule has 2 rings (SSSR count). The number of nitrogens with zero attached hydrogens (tertiary/aromatic N) is 1. The van der Waals surface area contributed by atoms with Crippen molar-refractivity contribution in [3.63, 3.8) is 0 Å². The van der Waals surface area contributed by atoms with Crippen molar-refractivity contribution in [2.45, 2.75) is 58.2 Å². The third-order valence-electron chi connectivity index (χ3n) is 4.23. The van der Waals surface area contributed by atoms with E-state index in [1.165, 1.54) is 43.2 Å². The summed E-state index contributed by atoms with van der Waals surface area (Å²) in [7, 11) is 2.28. The van der Waals surface area contributed by atoms with E-state index in [1.807, 2.05) is 0 Å². The summed E-state index contributed by atoms with van der Waals surface area (Å²) < 4.78 is 0. The van der Waals surface area contributed by atoms with Crippen LogP contribution in [0.4, 0.5) is 0 Å². The maximum absolute atomic E-state index is 3.52. The van der Waals surface area contributed by atoms with Crippen LogP contribution in [-0.2, 0) is 13.1 Å². The van der Waals surface area contributed by atoms with Gasteiger partial charge in [-0.1, -0.05) is 44.0 Å². The minimum absolute atomic E-state index is 0.802. The van der Waals surface area contributed by atoms with Gasteiger partial charge in [-0.3, -0.25) is 4.90 Å². The maximum atomic E-state index is 3.52. The molecule has 1 fully saturated rings. The molecule has 1 aliphatic rings. The van der Waals surface area contributed by atoms with Gasteiger partial charge in [-0.25, -0.2) is 0 Å². The van der Waals surface area contributed by atoms with E-state index in [0.717, 1.165) is 25.7 Å². The Kier molecular flexibility index (Phi) is 5.87. The van der Waals surface area contributed by atoms with Gasteiger partial charge in [-0.05, 0) is 44.0 Å². The standard InChI is InChI=1S/C17H28N2/c1-3-12-18-13-15-8-4-5-9-16(15)14-19(2)17-10-6-7-11-17/h4-5,8-9,17-18H,3,6-7,10-14H2,1-2H3. The smallest absolute Gasteiger partial charge is 0.0236 e. The lowest BCUT2D eigenvalue weighted by Gasteiger charge is -2.25. The molecule has 1 aliphatic carbocycles. The predicted molar refractivity (Wildman–Crippen MR) is 82.2 cm³/mol. The summed E-state index contributed by atoms with van der Waals surface area (Å²) >= 11 is 0. The summed E-state index contributed by atoms with van der Waals surface area (Å²) in [6, 6.07) is 9.68. The van der Waals surface area contributed by atoms with E-state index < -0.39 is 0 Å². The zero-order chi connectivity index (χ0) is 13.5. The first kappa shape index (κ1) is 14.5. The van der Waals surface area contributed by atoms with Gasteiger partial charge in [0.05, 0.1) is 0 Å². The van der Waals surface area contributed by atoms with E-state index in [0.29, 0.717) is 0 Å². The summed E-state index contributed by atoms with van der Waals surface area (Å²) in [5, 5.41) is 3.52. The summed E-state index contributed by atoms with van der Waals surface area (Å²) in [4.78, 5) is 2.55. The highest BCUT2D eigenvalue weighted by Crippen LogP contribution is 2.24. The Bertz CT molecular complexity index is 369. The van der Waals surface area contributed by atoms with Crippen LogP contribution in [0.15, 0.2) is 24.3 Å². The first-order chi connectivity index (χ1) is 9.31. The molecule has 2 nitrogen and oxygen atoms in total. The Labute approximate surface area is 118 Å². The zero-order valence-corrected chi connectivity index (χ0v) is 12.5. The number of benzene rings is 1. The SMILES string of the molecule is CCCNCc1ccccc1CN(C)C1CCCC1. The van der Waals surface area contributed by atoms with Gasteiger partial charge in [0.1, 0.15) is 0 Å². The molecule has 0 saturated heterocycles. The largest absolute Gasteiger partial charge is 0.313 e. The van der Waals surface area contributed by atoms with Crippen LogP contribution < -0.4 is 5.32 Å². The first-order valence-corrected chi connectivity index (χ1v) is 7.79. The molecule has 0 aliphatic heterocycles. The number of hydrogen-bond acceptors (Lipinski definition) is 2. The molecule has 0 amide bonds. The zero-order valence-electron chi connectivity index (χ0n) is 12.5. The van der Waals surface area contributed by atoms with Crippen LogP contribution in [-0.4, -0.2) is 24.5 Å². The second kappa shape index (κ2) is 7.66. The molecular weight excluding hydrogens is 232 g/mol. The van der Waals surface area contributed by atoms with Crippen LogP contribution in [0.2, 0.25) is 0 Å². The molecule has 0 heterocycles. The van der Waals surface area contributed by atoms with Crippen LogP contribution in [0.1, 0.15) is 50.2 Å². The van der Waals surface area contributed by atoms with E-state index >= 15 is 0 Å². The summed E-state index contributed by atoms with van der Waals surface area (Å²) in [6.07, 6.45) is 6.78. The predicted octanol–water partition coefficient (Wildman–Crippen LogP) is 3.56. The molecule has 1 N–H and O–H groups in total. The van der Waals surface area contributed by atoms with Gasteiger partial charge in [-0.15, -0.1) is 0 Å². The van der Waals surface area contributed by atoms with Gasteiger partial charge in [-0.2, -0.15) is 0 Å². The van der Waals surface area contributed by atoms with E-state index in [4.69, 9.17) is 0 Å². The lowest BCUT2D eigenvalue weighted by atomic mass is 10.1. The Balaban J connectivity index is 1.94.